The molecule has 6 nitrogen and oxygen atoms in total. The maximum absolute atomic E-state index is 12.2. The van der Waals surface area contributed by atoms with Crippen molar-refractivity contribution in [3.05, 3.63) is 28.2 Å². The number of ether oxygens (including phenoxy) is 2. The summed E-state index contributed by atoms with van der Waals surface area (Å²) in [5, 5.41) is 3.43. The van der Waals surface area contributed by atoms with Crippen molar-refractivity contribution in [1.29, 1.82) is 0 Å². The number of nitrogens with one attached hydrogen (secondary N) is 1. The van der Waals surface area contributed by atoms with Gasteiger partial charge in [0.1, 0.15) is 11.8 Å². The van der Waals surface area contributed by atoms with Crippen LogP contribution < -0.4 is 10.1 Å². The summed E-state index contributed by atoms with van der Waals surface area (Å²) in [7, 11) is 0. The van der Waals surface area contributed by atoms with E-state index in [1.807, 2.05) is 0 Å². The van der Waals surface area contributed by atoms with Crippen LogP contribution in [0.1, 0.15) is 6.92 Å². The summed E-state index contributed by atoms with van der Waals surface area (Å²) < 4.78 is 10.5. The monoisotopic (exact) mass is 360 g/mol. The largest absolute Gasteiger partial charge is 0.482 e. The summed E-state index contributed by atoms with van der Waals surface area (Å²) >= 11 is 11.8. The average molecular weight is 361 g/mol. The molecule has 0 saturated carbocycles. The standard InChI is InChI=1S/C15H18Cl2N2O4/c1-10(15(21)19-4-6-22-7-5-19)18-14(20)9-23-13-8-11(16)2-3-12(13)17/h2-3,8,10H,4-7,9H2,1H3,(H,18,20)/t10-/m1/s1. The normalized spacial score (nSPS) is 15.9. The molecule has 2 amide bonds. The van der Waals surface area contributed by atoms with E-state index in [4.69, 9.17) is 32.7 Å². The quantitative estimate of drug-likeness (QED) is 0.868. The molecule has 1 fully saturated rings. The number of amides is 2. The maximum atomic E-state index is 12.2. The van der Waals surface area contributed by atoms with E-state index in [1.165, 1.54) is 6.07 Å². The van der Waals surface area contributed by atoms with Gasteiger partial charge in [-0.1, -0.05) is 23.2 Å². The van der Waals surface area contributed by atoms with Gasteiger partial charge in [-0.15, -0.1) is 0 Å². The molecule has 0 bridgehead atoms. The molecular weight excluding hydrogens is 343 g/mol. The molecule has 1 aromatic rings. The predicted molar refractivity (Wildman–Crippen MR) is 87.0 cm³/mol. The van der Waals surface area contributed by atoms with Gasteiger partial charge in [0.25, 0.3) is 5.91 Å². The topological polar surface area (TPSA) is 67.9 Å². The minimum atomic E-state index is -0.626. The van der Waals surface area contributed by atoms with E-state index >= 15 is 0 Å². The summed E-state index contributed by atoms with van der Waals surface area (Å²) in [6, 6.07) is 4.11. The van der Waals surface area contributed by atoms with Crippen LogP contribution in [-0.4, -0.2) is 55.7 Å². The lowest BCUT2D eigenvalue weighted by Crippen LogP contribution is -2.51. The number of nitrogens with zero attached hydrogens (tertiary/aromatic N) is 1. The molecule has 126 valence electrons. The Labute approximate surface area is 144 Å². The van der Waals surface area contributed by atoms with Crippen LogP contribution in [0.5, 0.6) is 5.75 Å². The zero-order valence-corrected chi connectivity index (χ0v) is 14.2. The minimum absolute atomic E-state index is 0.137. The molecule has 1 aliphatic rings. The molecule has 1 aromatic carbocycles. The lowest BCUT2D eigenvalue weighted by atomic mass is 10.2. The summed E-state index contributed by atoms with van der Waals surface area (Å²) in [5.74, 6) is -0.223. The number of rotatable bonds is 5. The number of hydrogen-bond acceptors (Lipinski definition) is 4. The van der Waals surface area contributed by atoms with Crippen LogP contribution in [0.2, 0.25) is 10.0 Å². The Morgan fingerprint density at radius 2 is 2.04 bits per heavy atom. The fourth-order valence-corrected chi connectivity index (χ4v) is 2.47. The highest BCUT2D eigenvalue weighted by atomic mass is 35.5. The second-order valence-electron chi connectivity index (χ2n) is 5.09. The molecule has 1 heterocycles. The van der Waals surface area contributed by atoms with Crippen molar-refractivity contribution in [1.82, 2.24) is 10.2 Å². The van der Waals surface area contributed by atoms with E-state index in [0.717, 1.165) is 0 Å². The van der Waals surface area contributed by atoms with E-state index in [0.29, 0.717) is 42.1 Å². The summed E-state index contributed by atoms with van der Waals surface area (Å²) in [6.07, 6.45) is 0. The number of morpholine rings is 1. The van der Waals surface area contributed by atoms with E-state index in [2.05, 4.69) is 5.32 Å². The first-order valence-electron chi connectivity index (χ1n) is 7.21. The number of halogens is 2. The Hall–Kier alpha value is -1.50. The van der Waals surface area contributed by atoms with Gasteiger partial charge in [0.15, 0.2) is 6.61 Å². The molecule has 0 spiro atoms. The van der Waals surface area contributed by atoms with Crippen LogP contribution in [0, 0.1) is 0 Å². The summed E-state index contributed by atoms with van der Waals surface area (Å²) in [6.45, 7) is 3.50. The Bertz CT molecular complexity index is 577. The van der Waals surface area contributed by atoms with E-state index < -0.39 is 11.9 Å². The van der Waals surface area contributed by atoms with Crippen LogP contribution in [0.4, 0.5) is 0 Å². The molecule has 1 N–H and O–H groups in total. The van der Waals surface area contributed by atoms with Crippen LogP contribution >= 0.6 is 23.2 Å². The molecule has 1 saturated heterocycles. The van der Waals surface area contributed by atoms with Gasteiger partial charge in [0.2, 0.25) is 5.91 Å². The first-order valence-corrected chi connectivity index (χ1v) is 7.96. The molecule has 0 aromatic heterocycles. The van der Waals surface area contributed by atoms with Crippen molar-refractivity contribution in [2.75, 3.05) is 32.9 Å². The van der Waals surface area contributed by atoms with Gasteiger partial charge in [0, 0.05) is 24.2 Å². The fraction of sp³-hybridized carbons (Fsp3) is 0.467. The SMILES string of the molecule is C[C@@H](NC(=O)COc1cc(Cl)ccc1Cl)C(=O)N1CCOCC1. The molecule has 23 heavy (non-hydrogen) atoms. The van der Waals surface area contributed by atoms with Crippen LogP contribution in [0.25, 0.3) is 0 Å². The van der Waals surface area contributed by atoms with E-state index in [9.17, 15) is 9.59 Å². The molecular formula is C15H18Cl2N2O4. The van der Waals surface area contributed by atoms with Crippen LogP contribution in [0.3, 0.4) is 0 Å². The third kappa shape index (κ3) is 5.27. The third-order valence-corrected chi connectivity index (χ3v) is 3.87. The van der Waals surface area contributed by atoms with Crippen molar-refractivity contribution < 1.29 is 19.1 Å². The number of hydrogen-bond donors (Lipinski definition) is 1. The zero-order valence-electron chi connectivity index (χ0n) is 12.7. The van der Waals surface area contributed by atoms with Gasteiger partial charge in [-0.25, -0.2) is 0 Å². The van der Waals surface area contributed by atoms with Crippen molar-refractivity contribution in [2.24, 2.45) is 0 Å². The molecule has 0 radical (unpaired) electrons. The molecule has 0 unspecified atom stereocenters. The predicted octanol–water partition coefficient (Wildman–Crippen LogP) is 1.74. The number of carbonyl (C=O) groups is 2. The highest BCUT2D eigenvalue weighted by Crippen LogP contribution is 2.27. The number of carbonyl (C=O) groups excluding carboxylic acids is 2. The second-order valence-corrected chi connectivity index (χ2v) is 5.93. The molecule has 8 heteroatoms. The molecule has 0 aliphatic carbocycles. The summed E-state index contributed by atoms with van der Waals surface area (Å²) in [5.41, 5.74) is 0. The smallest absolute Gasteiger partial charge is 0.258 e. The lowest BCUT2D eigenvalue weighted by molar-refractivity contribution is -0.139. The highest BCUT2D eigenvalue weighted by Gasteiger charge is 2.23. The Balaban J connectivity index is 1.81. The van der Waals surface area contributed by atoms with Crippen LogP contribution in [-0.2, 0) is 14.3 Å². The molecule has 1 aliphatic heterocycles. The van der Waals surface area contributed by atoms with Gasteiger partial charge < -0.3 is 19.7 Å². The van der Waals surface area contributed by atoms with Gasteiger partial charge in [-0.2, -0.15) is 0 Å². The van der Waals surface area contributed by atoms with Crippen LogP contribution in [0.15, 0.2) is 18.2 Å². The fourth-order valence-electron chi connectivity index (χ4n) is 2.13. The van der Waals surface area contributed by atoms with Gasteiger partial charge in [0.05, 0.1) is 18.2 Å². The average Bonchev–Trinajstić information content (AvgIpc) is 2.55. The van der Waals surface area contributed by atoms with E-state index in [-0.39, 0.29) is 12.5 Å². The van der Waals surface area contributed by atoms with Gasteiger partial charge in [-0.3, -0.25) is 9.59 Å². The maximum Gasteiger partial charge on any atom is 0.258 e. The Morgan fingerprint density at radius 1 is 1.35 bits per heavy atom. The van der Waals surface area contributed by atoms with Crippen molar-refractivity contribution >= 4 is 35.0 Å². The first kappa shape index (κ1) is 17.8. The number of benzene rings is 1. The van der Waals surface area contributed by atoms with E-state index in [1.54, 1.807) is 24.0 Å². The zero-order chi connectivity index (χ0) is 16.8. The van der Waals surface area contributed by atoms with Crippen molar-refractivity contribution in [2.45, 2.75) is 13.0 Å². The lowest BCUT2D eigenvalue weighted by Gasteiger charge is -2.29. The minimum Gasteiger partial charge on any atom is -0.482 e. The van der Waals surface area contributed by atoms with Crippen molar-refractivity contribution in [3.8, 4) is 5.75 Å². The molecule has 1 atom stereocenters. The van der Waals surface area contributed by atoms with Crippen molar-refractivity contribution in [3.63, 3.8) is 0 Å². The Kier molecular flexibility index (Phi) is 6.50. The first-order chi connectivity index (χ1) is 11.0. The Morgan fingerprint density at radius 3 is 2.74 bits per heavy atom. The molecule has 2 rings (SSSR count). The third-order valence-electron chi connectivity index (χ3n) is 3.32. The van der Waals surface area contributed by atoms with Gasteiger partial charge >= 0.3 is 0 Å². The van der Waals surface area contributed by atoms with Gasteiger partial charge in [-0.05, 0) is 19.1 Å². The highest BCUT2D eigenvalue weighted by molar-refractivity contribution is 6.34. The summed E-state index contributed by atoms with van der Waals surface area (Å²) in [4.78, 5) is 25.8. The second kappa shape index (κ2) is 8.38.